The molecule has 1 heterocycles. The van der Waals surface area contributed by atoms with Crippen LogP contribution in [0.5, 0.6) is 0 Å². The van der Waals surface area contributed by atoms with Crippen molar-refractivity contribution in [3.63, 3.8) is 0 Å². The Morgan fingerprint density at radius 2 is 2.12 bits per heavy atom. The second kappa shape index (κ2) is 5.29. The van der Waals surface area contributed by atoms with Crippen LogP contribution < -0.4 is 10.6 Å². The lowest BCUT2D eigenvalue weighted by Crippen LogP contribution is -2.26. The standard InChI is InChI=1S/C10H16N4O2/c1-4-11-8-5-9(14-7(3)13-8)12-6(2)10(15)16/h5-6H,4H2,1-3H3,(H,15,16)(H2,11,12,13,14). The Kier molecular flexibility index (Phi) is 4.04. The van der Waals surface area contributed by atoms with Crippen molar-refractivity contribution in [2.75, 3.05) is 17.2 Å². The van der Waals surface area contributed by atoms with Gasteiger partial charge in [-0.2, -0.15) is 0 Å². The van der Waals surface area contributed by atoms with E-state index >= 15 is 0 Å². The van der Waals surface area contributed by atoms with Gasteiger partial charge in [0.25, 0.3) is 0 Å². The largest absolute Gasteiger partial charge is 0.480 e. The number of hydrogen-bond donors (Lipinski definition) is 3. The van der Waals surface area contributed by atoms with Gasteiger partial charge in [-0.15, -0.1) is 0 Å². The zero-order valence-corrected chi connectivity index (χ0v) is 9.61. The Labute approximate surface area is 94.1 Å². The van der Waals surface area contributed by atoms with Gasteiger partial charge in [-0.05, 0) is 20.8 Å². The second-order valence-electron chi connectivity index (χ2n) is 3.42. The van der Waals surface area contributed by atoms with E-state index in [0.717, 1.165) is 6.54 Å². The number of carbonyl (C=O) groups is 1. The monoisotopic (exact) mass is 224 g/mol. The van der Waals surface area contributed by atoms with Crippen LogP contribution >= 0.6 is 0 Å². The van der Waals surface area contributed by atoms with Gasteiger partial charge >= 0.3 is 5.97 Å². The fraction of sp³-hybridized carbons (Fsp3) is 0.500. The third-order valence-electron chi connectivity index (χ3n) is 1.93. The van der Waals surface area contributed by atoms with E-state index in [2.05, 4.69) is 20.6 Å². The third-order valence-corrected chi connectivity index (χ3v) is 1.93. The van der Waals surface area contributed by atoms with Crippen molar-refractivity contribution in [3.05, 3.63) is 11.9 Å². The molecule has 1 aromatic rings. The van der Waals surface area contributed by atoms with Crippen LogP contribution in [0.2, 0.25) is 0 Å². The number of rotatable bonds is 5. The first-order chi connectivity index (χ1) is 7.52. The topological polar surface area (TPSA) is 87.1 Å². The van der Waals surface area contributed by atoms with Gasteiger partial charge in [-0.3, -0.25) is 4.79 Å². The number of aryl methyl sites for hydroxylation is 1. The van der Waals surface area contributed by atoms with Crippen LogP contribution in [0.3, 0.4) is 0 Å². The van der Waals surface area contributed by atoms with E-state index < -0.39 is 12.0 Å². The summed E-state index contributed by atoms with van der Waals surface area (Å²) in [6.45, 7) is 6.04. The van der Waals surface area contributed by atoms with E-state index in [4.69, 9.17) is 5.11 Å². The van der Waals surface area contributed by atoms with Gasteiger partial charge < -0.3 is 15.7 Å². The summed E-state index contributed by atoms with van der Waals surface area (Å²) in [5.74, 6) is 0.883. The average Bonchev–Trinajstić information content (AvgIpc) is 2.16. The molecule has 0 radical (unpaired) electrons. The molecule has 1 unspecified atom stereocenters. The summed E-state index contributed by atoms with van der Waals surface area (Å²) >= 11 is 0. The van der Waals surface area contributed by atoms with E-state index in [9.17, 15) is 4.79 Å². The molecule has 0 saturated heterocycles. The summed E-state index contributed by atoms with van der Waals surface area (Å²) in [4.78, 5) is 19.0. The molecule has 6 heteroatoms. The zero-order chi connectivity index (χ0) is 12.1. The van der Waals surface area contributed by atoms with Crippen LogP contribution in [0.15, 0.2) is 6.07 Å². The van der Waals surface area contributed by atoms with E-state index in [1.807, 2.05) is 6.92 Å². The van der Waals surface area contributed by atoms with Crippen LogP contribution in [0, 0.1) is 6.92 Å². The molecule has 0 fully saturated rings. The van der Waals surface area contributed by atoms with Gasteiger partial charge in [0.1, 0.15) is 23.5 Å². The average molecular weight is 224 g/mol. The summed E-state index contributed by atoms with van der Waals surface area (Å²) in [5.41, 5.74) is 0. The molecule has 1 rings (SSSR count). The fourth-order valence-electron chi connectivity index (χ4n) is 1.20. The van der Waals surface area contributed by atoms with Crippen LogP contribution in [-0.4, -0.2) is 33.6 Å². The Hall–Kier alpha value is -1.85. The molecule has 1 atom stereocenters. The first kappa shape index (κ1) is 12.2. The van der Waals surface area contributed by atoms with Gasteiger partial charge in [-0.1, -0.05) is 0 Å². The van der Waals surface area contributed by atoms with E-state index in [1.54, 1.807) is 19.9 Å². The number of nitrogens with one attached hydrogen (secondary N) is 2. The molecular formula is C10H16N4O2. The minimum absolute atomic E-state index is 0.512. The Morgan fingerprint density at radius 3 is 2.69 bits per heavy atom. The number of hydrogen-bond acceptors (Lipinski definition) is 5. The highest BCUT2D eigenvalue weighted by Gasteiger charge is 2.11. The fourth-order valence-corrected chi connectivity index (χ4v) is 1.20. The van der Waals surface area contributed by atoms with Gasteiger partial charge in [0, 0.05) is 12.6 Å². The molecule has 0 aliphatic carbocycles. The second-order valence-corrected chi connectivity index (χ2v) is 3.42. The van der Waals surface area contributed by atoms with E-state index in [1.165, 1.54) is 0 Å². The van der Waals surface area contributed by atoms with Gasteiger partial charge in [0.2, 0.25) is 0 Å². The number of carboxylic acids is 1. The van der Waals surface area contributed by atoms with Gasteiger partial charge in [0.05, 0.1) is 0 Å². The lowest BCUT2D eigenvalue weighted by molar-refractivity contribution is -0.137. The van der Waals surface area contributed by atoms with Crippen LogP contribution in [0.4, 0.5) is 11.6 Å². The third kappa shape index (κ3) is 3.38. The van der Waals surface area contributed by atoms with E-state index in [-0.39, 0.29) is 0 Å². The predicted molar refractivity (Wildman–Crippen MR) is 61.7 cm³/mol. The molecule has 0 aromatic carbocycles. The molecule has 88 valence electrons. The molecule has 3 N–H and O–H groups in total. The number of aliphatic carboxylic acids is 1. The minimum atomic E-state index is -0.915. The molecule has 6 nitrogen and oxygen atoms in total. The summed E-state index contributed by atoms with van der Waals surface area (Å²) in [6, 6.07) is 1.01. The SMILES string of the molecule is CCNc1cc(NC(C)C(=O)O)nc(C)n1. The number of nitrogens with zero attached hydrogens (tertiary/aromatic N) is 2. The van der Waals surface area contributed by atoms with Crippen molar-refractivity contribution in [1.29, 1.82) is 0 Å². The van der Waals surface area contributed by atoms with Crippen molar-refractivity contribution < 1.29 is 9.90 Å². The maximum atomic E-state index is 10.7. The Bertz CT molecular complexity index is 381. The van der Waals surface area contributed by atoms with Gasteiger partial charge in [-0.25, -0.2) is 9.97 Å². The van der Waals surface area contributed by atoms with Crippen LogP contribution in [-0.2, 0) is 4.79 Å². The lowest BCUT2D eigenvalue weighted by Gasteiger charge is -2.11. The summed E-state index contributed by atoms with van der Waals surface area (Å²) in [6.07, 6.45) is 0. The predicted octanol–water partition coefficient (Wildman–Crippen LogP) is 1.10. The zero-order valence-electron chi connectivity index (χ0n) is 9.61. The first-order valence-electron chi connectivity index (χ1n) is 5.11. The minimum Gasteiger partial charge on any atom is -0.480 e. The van der Waals surface area contributed by atoms with Gasteiger partial charge in [0.15, 0.2) is 0 Å². The Balaban J connectivity index is 2.83. The molecule has 0 amide bonds. The lowest BCUT2D eigenvalue weighted by atomic mass is 10.3. The molecule has 0 saturated carbocycles. The maximum Gasteiger partial charge on any atom is 0.325 e. The summed E-state index contributed by atoms with van der Waals surface area (Å²) in [5, 5.41) is 14.6. The molecule has 0 aliphatic rings. The summed E-state index contributed by atoms with van der Waals surface area (Å²) in [7, 11) is 0. The van der Waals surface area contributed by atoms with Crippen molar-refractivity contribution >= 4 is 17.6 Å². The molecule has 0 bridgehead atoms. The van der Waals surface area contributed by atoms with Crippen LogP contribution in [0.1, 0.15) is 19.7 Å². The number of aromatic nitrogens is 2. The van der Waals surface area contributed by atoms with Crippen LogP contribution in [0.25, 0.3) is 0 Å². The molecule has 1 aromatic heterocycles. The smallest absolute Gasteiger partial charge is 0.325 e. The quantitative estimate of drug-likeness (QED) is 0.694. The van der Waals surface area contributed by atoms with Crippen molar-refractivity contribution in [3.8, 4) is 0 Å². The van der Waals surface area contributed by atoms with Crippen molar-refractivity contribution in [2.24, 2.45) is 0 Å². The summed E-state index contributed by atoms with van der Waals surface area (Å²) < 4.78 is 0. The number of carboxylic acid groups (broad SMARTS) is 1. The highest BCUT2D eigenvalue weighted by molar-refractivity contribution is 5.76. The molecule has 0 aliphatic heterocycles. The molecular weight excluding hydrogens is 208 g/mol. The molecule has 0 spiro atoms. The number of anilines is 2. The van der Waals surface area contributed by atoms with E-state index in [0.29, 0.717) is 17.5 Å². The van der Waals surface area contributed by atoms with Crippen molar-refractivity contribution in [2.45, 2.75) is 26.8 Å². The normalized spacial score (nSPS) is 11.9. The van der Waals surface area contributed by atoms with Crippen molar-refractivity contribution in [1.82, 2.24) is 9.97 Å². The highest BCUT2D eigenvalue weighted by atomic mass is 16.4. The Morgan fingerprint density at radius 1 is 1.50 bits per heavy atom. The maximum absolute atomic E-state index is 10.7. The first-order valence-corrected chi connectivity index (χ1v) is 5.11. The highest BCUT2D eigenvalue weighted by Crippen LogP contribution is 2.11. The molecule has 16 heavy (non-hydrogen) atoms.